The zero-order chi connectivity index (χ0) is 16.1. The Morgan fingerprint density at radius 3 is 2.74 bits per heavy atom. The molecule has 23 heavy (non-hydrogen) atoms. The van der Waals surface area contributed by atoms with E-state index in [0.717, 1.165) is 37.5 Å². The normalized spacial score (nSPS) is 22.5. The van der Waals surface area contributed by atoms with Crippen molar-refractivity contribution in [3.63, 3.8) is 0 Å². The fraction of sp³-hybridized carbons (Fsp3) is 0.625. The molecule has 1 unspecified atom stereocenters. The van der Waals surface area contributed by atoms with E-state index >= 15 is 0 Å². The van der Waals surface area contributed by atoms with Crippen molar-refractivity contribution in [2.24, 2.45) is 4.99 Å². The number of nitrogens with one attached hydrogen (secondary N) is 1. The van der Waals surface area contributed by atoms with E-state index in [4.69, 9.17) is 9.15 Å². The molecule has 1 amide bonds. The van der Waals surface area contributed by atoms with Crippen LogP contribution in [0.5, 0.6) is 0 Å². The van der Waals surface area contributed by atoms with Crippen LogP contribution in [-0.2, 0) is 16.1 Å². The summed E-state index contributed by atoms with van der Waals surface area (Å²) in [5, 5.41) is 3.33. The molecule has 7 heteroatoms. The molecule has 0 bridgehead atoms. The van der Waals surface area contributed by atoms with Crippen molar-refractivity contribution in [3.05, 3.63) is 24.2 Å². The number of guanidine groups is 1. The molecule has 0 aromatic carbocycles. The van der Waals surface area contributed by atoms with Gasteiger partial charge in [0.15, 0.2) is 5.96 Å². The van der Waals surface area contributed by atoms with Crippen molar-refractivity contribution < 1.29 is 13.9 Å². The number of carbonyl (C=O) groups is 1. The van der Waals surface area contributed by atoms with Crippen LogP contribution in [0.4, 0.5) is 0 Å². The zero-order valence-corrected chi connectivity index (χ0v) is 13.5. The Morgan fingerprint density at radius 1 is 1.35 bits per heavy atom. The minimum absolute atomic E-state index is 0.142. The van der Waals surface area contributed by atoms with Gasteiger partial charge in [0.2, 0.25) is 0 Å². The Kier molecular flexibility index (Phi) is 5.17. The third kappa shape index (κ3) is 3.85. The number of amides is 1. The quantitative estimate of drug-likeness (QED) is 0.655. The summed E-state index contributed by atoms with van der Waals surface area (Å²) in [7, 11) is 1.78. The van der Waals surface area contributed by atoms with E-state index in [1.807, 2.05) is 11.0 Å². The van der Waals surface area contributed by atoms with Crippen molar-refractivity contribution in [1.29, 1.82) is 0 Å². The second-order valence-electron chi connectivity index (χ2n) is 5.85. The lowest BCUT2D eigenvalue weighted by molar-refractivity contribution is -0.142. The average molecular weight is 320 g/mol. The molecule has 7 nitrogen and oxygen atoms in total. The summed E-state index contributed by atoms with van der Waals surface area (Å²) in [4.78, 5) is 20.8. The van der Waals surface area contributed by atoms with E-state index < -0.39 is 0 Å². The summed E-state index contributed by atoms with van der Waals surface area (Å²) in [6, 6.07) is 1.93. The summed E-state index contributed by atoms with van der Waals surface area (Å²) in [6.45, 7) is 4.38. The first-order valence-electron chi connectivity index (χ1n) is 8.15. The van der Waals surface area contributed by atoms with Crippen molar-refractivity contribution in [2.75, 3.05) is 39.8 Å². The number of nitrogens with zero attached hydrogens (tertiary/aromatic N) is 3. The molecule has 0 saturated carbocycles. The highest BCUT2D eigenvalue weighted by Gasteiger charge is 2.30. The number of hydrogen-bond acceptors (Lipinski definition) is 4. The highest BCUT2D eigenvalue weighted by molar-refractivity contribution is 5.82. The van der Waals surface area contributed by atoms with Gasteiger partial charge in [-0.05, 0) is 18.9 Å². The summed E-state index contributed by atoms with van der Waals surface area (Å²) in [5.74, 6) is 0.999. The maximum atomic E-state index is 12.4. The molecule has 126 valence electrons. The standard InChI is InChI=1S/C16H24N4O3/c1-17-16(18-11-13-4-10-22-12-13)20-7-5-19(6-8-20)15(21)14-3-2-9-23-14/h4,10,12,14H,2-3,5-9,11H2,1H3,(H,17,18). The van der Waals surface area contributed by atoms with Gasteiger partial charge in [0, 0.05) is 51.9 Å². The number of aliphatic imine (C=N–C) groups is 1. The largest absolute Gasteiger partial charge is 0.472 e. The summed E-state index contributed by atoms with van der Waals surface area (Å²) >= 11 is 0. The second-order valence-corrected chi connectivity index (χ2v) is 5.85. The van der Waals surface area contributed by atoms with Gasteiger partial charge in [0.05, 0.1) is 12.5 Å². The smallest absolute Gasteiger partial charge is 0.251 e. The first-order chi connectivity index (χ1) is 11.3. The SMILES string of the molecule is CN=C(NCc1ccoc1)N1CCN(C(=O)C2CCCO2)CC1. The molecular formula is C16H24N4O3. The molecule has 2 saturated heterocycles. The van der Waals surface area contributed by atoms with Gasteiger partial charge < -0.3 is 24.3 Å². The van der Waals surface area contributed by atoms with Crippen molar-refractivity contribution in [1.82, 2.24) is 15.1 Å². The van der Waals surface area contributed by atoms with Gasteiger partial charge in [0.1, 0.15) is 6.10 Å². The van der Waals surface area contributed by atoms with Gasteiger partial charge in [-0.2, -0.15) is 0 Å². The summed E-state index contributed by atoms with van der Waals surface area (Å²) < 4.78 is 10.6. The van der Waals surface area contributed by atoms with E-state index in [2.05, 4.69) is 15.2 Å². The van der Waals surface area contributed by atoms with Gasteiger partial charge in [-0.1, -0.05) is 0 Å². The molecule has 0 spiro atoms. The van der Waals surface area contributed by atoms with Crippen molar-refractivity contribution in [2.45, 2.75) is 25.5 Å². The number of hydrogen-bond donors (Lipinski definition) is 1. The van der Waals surface area contributed by atoms with E-state index in [1.54, 1.807) is 19.6 Å². The van der Waals surface area contributed by atoms with Crippen molar-refractivity contribution >= 4 is 11.9 Å². The lowest BCUT2D eigenvalue weighted by atomic mass is 10.2. The first kappa shape index (κ1) is 15.9. The van der Waals surface area contributed by atoms with E-state index in [1.165, 1.54) is 0 Å². The predicted molar refractivity (Wildman–Crippen MR) is 86.0 cm³/mol. The molecule has 3 heterocycles. The molecule has 0 radical (unpaired) electrons. The van der Waals surface area contributed by atoms with Crippen LogP contribution in [0.3, 0.4) is 0 Å². The fourth-order valence-corrected chi connectivity index (χ4v) is 3.02. The zero-order valence-electron chi connectivity index (χ0n) is 13.5. The Bertz CT molecular complexity index is 530. The van der Waals surface area contributed by atoms with Crippen LogP contribution in [0, 0.1) is 0 Å². The molecule has 2 aliphatic rings. The second kappa shape index (κ2) is 7.50. The van der Waals surface area contributed by atoms with Crippen LogP contribution in [0.1, 0.15) is 18.4 Å². The Balaban J connectivity index is 1.47. The van der Waals surface area contributed by atoms with Crippen LogP contribution in [0.2, 0.25) is 0 Å². The summed E-state index contributed by atoms with van der Waals surface area (Å²) in [6.07, 6.45) is 5.00. The predicted octanol–water partition coefficient (Wildman–Crippen LogP) is 0.678. The monoisotopic (exact) mass is 320 g/mol. The molecular weight excluding hydrogens is 296 g/mol. The Morgan fingerprint density at radius 2 is 2.13 bits per heavy atom. The van der Waals surface area contributed by atoms with Crippen molar-refractivity contribution in [3.8, 4) is 0 Å². The van der Waals surface area contributed by atoms with Crippen LogP contribution in [0.25, 0.3) is 0 Å². The number of furan rings is 1. The fourth-order valence-electron chi connectivity index (χ4n) is 3.02. The maximum Gasteiger partial charge on any atom is 0.251 e. The number of carbonyl (C=O) groups excluding carboxylic acids is 1. The van der Waals surface area contributed by atoms with Crippen LogP contribution in [-0.4, -0.2) is 67.6 Å². The first-order valence-corrected chi connectivity index (χ1v) is 8.15. The van der Waals surface area contributed by atoms with E-state index in [0.29, 0.717) is 26.2 Å². The topological polar surface area (TPSA) is 70.3 Å². The van der Waals surface area contributed by atoms with Gasteiger partial charge in [-0.25, -0.2) is 0 Å². The molecule has 2 fully saturated rings. The van der Waals surface area contributed by atoms with Gasteiger partial charge in [-0.15, -0.1) is 0 Å². The molecule has 0 aliphatic carbocycles. The van der Waals surface area contributed by atoms with Gasteiger partial charge in [0.25, 0.3) is 5.91 Å². The van der Waals surface area contributed by atoms with Crippen LogP contribution >= 0.6 is 0 Å². The van der Waals surface area contributed by atoms with E-state index in [-0.39, 0.29) is 12.0 Å². The highest BCUT2D eigenvalue weighted by Crippen LogP contribution is 2.16. The maximum absolute atomic E-state index is 12.4. The third-order valence-electron chi connectivity index (χ3n) is 4.34. The number of piperazine rings is 1. The summed E-state index contributed by atoms with van der Waals surface area (Å²) in [5.41, 5.74) is 1.08. The lowest BCUT2D eigenvalue weighted by Crippen LogP contribution is -2.55. The van der Waals surface area contributed by atoms with Crippen LogP contribution < -0.4 is 5.32 Å². The molecule has 2 aliphatic heterocycles. The number of ether oxygens (including phenoxy) is 1. The third-order valence-corrected chi connectivity index (χ3v) is 4.34. The minimum atomic E-state index is -0.222. The molecule has 1 aromatic rings. The Hall–Kier alpha value is -2.02. The highest BCUT2D eigenvalue weighted by atomic mass is 16.5. The molecule has 1 atom stereocenters. The minimum Gasteiger partial charge on any atom is -0.472 e. The molecule has 3 rings (SSSR count). The Labute approximate surface area is 136 Å². The molecule has 1 N–H and O–H groups in total. The van der Waals surface area contributed by atoms with E-state index in [9.17, 15) is 4.79 Å². The van der Waals surface area contributed by atoms with Crippen LogP contribution in [0.15, 0.2) is 28.0 Å². The lowest BCUT2D eigenvalue weighted by Gasteiger charge is -2.37. The van der Waals surface area contributed by atoms with Gasteiger partial charge >= 0.3 is 0 Å². The molecule has 1 aromatic heterocycles. The van der Waals surface area contributed by atoms with Gasteiger partial charge in [-0.3, -0.25) is 9.79 Å². The number of rotatable bonds is 3. The average Bonchev–Trinajstić information content (AvgIpc) is 3.29.